The molecule has 0 aliphatic rings. The van der Waals surface area contributed by atoms with Gasteiger partial charge in [-0.05, 0) is 42.5 Å². The number of anilines is 1. The molecule has 0 saturated heterocycles. The summed E-state index contributed by atoms with van der Waals surface area (Å²) >= 11 is 3.32. The Morgan fingerprint density at radius 2 is 1.48 bits per heavy atom. The van der Waals surface area contributed by atoms with Crippen molar-refractivity contribution in [2.75, 3.05) is 18.4 Å². The number of carbonyl (C=O) groups is 3. The van der Waals surface area contributed by atoms with Crippen LogP contribution in [0.3, 0.4) is 0 Å². The Bertz CT molecular complexity index is 819. The third kappa shape index (κ3) is 6.53. The van der Waals surface area contributed by atoms with Crippen LogP contribution in [0.1, 0.15) is 34.6 Å². The summed E-state index contributed by atoms with van der Waals surface area (Å²) in [7, 11) is 0. The van der Waals surface area contributed by atoms with Gasteiger partial charge in [0.1, 0.15) is 0 Å². The van der Waals surface area contributed by atoms with Gasteiger partial charge in [-0.3, -0.25) is 14.4 Å². The summed E-state index contributed by atoms with van der Waals surface area (Å²) in [5.41, 5.74) is 1.68. The van der Waals surface area contributed by atoms with Gasteiger partial charge in [0.05, 0.1) is 0 Å². The van der Waals surface area contributed by atoms with Crippen molar-refractivity contribution in [2.45, 2.75) is 13.8 Å². The highest BCUT2D eigenvalue weighted by Gasteiger charge is 2.09. The predicted octanol–water partition coefficient (Wildman–Crippen LogP) is 3.20. The molecular weight excluding hydrogens is 410 g/mol. The Labute approximate surface area is 166 Å². The number of hydrogen-bond acceptors (Lipinski definition) is 3. The van der Waals surface area contributed by atoms with Crippen molar-refractivity contribution < 1.29 is 14.4 Å². The first kappa shape index (κ1) is 20.6. The van der Waals surface area contributed by atoms with E-state index >= 15 is 0 Å². The molecule has 3 amide bonds. The first-order valence-electron chi connectivity index (χ1n) is 8.59. The van der Waals surface area contributed by atoms with E-state index in [-0.39, 0.29) is 23.6 Å². The molecule has 0 bridgehead atoms. The highest BCUT2D eigenvalue weighted by Crippen LogP contribution is 2.12. The molecule has 0 fully saturated rings. The van der Waals surface area contributed by atoms with Crippen LogP contribution in [0.4, 0.5) is 5.69 Å². The highest BCUT2D eigenvalue weighted by molar-refractivity contribution is 9.10. The summed E-state index contributed by atoms with van der Waals surface area (Å²) in [5, 5.41) is 8.27. The molecule has 27 heavy (non-hydrogen) atoms. The second-order valence-corrected chi connectivity index (χ2v) is 7.16. The second kappa shape index (κ2) is 9.87. The zero-order chi connectivity index (χ0) is 19.8. The minimum Gasteiger partial charge on any atom is -0.350 e. The van der Waals surface area contributed by atoms with E-state index in [9.17, 15) is 14.4 Å². The summed E-state index contributed by atoms with van der Waals surface area (Å²) in [6.45, 7) is 4.25. The molecule has 142 valence electrons. The standard InChI is InChI=1S/C20H22BrN3O3/c1-13(2)18(25)24-17-8-6-14(7-9-17)19(26)22-10-11-23-20(27)15-4-3-5-16(21)12-15/h3-9,12-13H,10-11H2,1-2H3,(H,22,26)(H,23,27)(H,24,25). The molecule has 0 unspecified atom stereocenters. The first-order valence-corrected chi connectivity index (χ1v) is 9.39. The van der Waals surface area contributed by atoms with Crippen LogP contribution in [0, 0.1) is 5.92 Å². The number of hydrogen-bond donors (Lipinski definition) is 3. The quantitative estimate of drug-likeness (QED) is 0.588. The van der Waals surface area contributed by atoms with E-state index in [1.807, 2.05) is 19.9 Å². The van der Waals surface area contributed by atoms with Crippen LogP contribution in [-0.4, -0.2) is 30.8 Å². The number of amides is 3. The van der Waals surface area contributed by atoms with Crippen LogP contribution in [0.15, 0.2) is 53.0 Å². The molecule has 0 aliphatic heterocycles. The van der Waals surface area contributed by atoms with E-state index in [0.29, 0.717) is 29.9 Å². The SMILES string of the molecule is CC(C)C(=O)Nc1ccc(C(=O)NCCNC(=O)c2cccc(Br)c2)cc1. The van der Waals surface area contributed by atoms with Crippen LogP contribution in [-0.2, 0) is 4.79 Å². The van der Waals surface area contributed by atoms with E-state index in [0.717, 1.165) is 4.47 Å². The molecular formula is C20H22BrN3O3. The molecule has 0 aliphatic carbocycles. The van der Waals surface area contributed by atoms with Crippen molar-refractivity contribution in [3.63, 3.8) is 0 Å². The third-order valence-electron chi connectivity index (χ3n) is 3.72. The van der Waals surface area contributed by atoms with Crippen LogP contribution >= 0.6 is 15.9 Å². The molecule has 0 spiro atoms. The lowest BCUT2D eigenvalue weighted by molar-refractivity contribution is -0.118. The van der Waals surface area contributed by atoms with Gasteiger partial charge in [0.15, 0.2) is 0 Å². The van der Waals surface area contributed by atoms with Gasteiger partial charge in [-0.2, -0.15) is 0 Å². The second-order valence-electron chi connectivity index (χ2n) is 6.24. The monoisotopic (exact) mass is 431 g/mol. The lowest BCUT2D eigenvalue weighted by Crippen LogP contribution is -2.34. The largest absolute Gasteiger partial charge is 0.350 e. The first-order chi connectivity index (χ1) is 12.9. The molecule has 0 saturated carbocycles. The maximum atomic E-state index is 12.1. The Balaban J connectivity index is 1.77. The lowest BCUT2D eigenvalue weighted by atomic mass is 10.1. The van der Waals surface area contributed by atoms with Crippen molar-refractivity contribution >= 4 is 39.3 Å². The molecule has 0 atom stereocenters. The van der Waals surface area contributed by atoms with Crippen molar-refractivity contribution in [3.05, 3.63) is 64.1 Å². The minimum atomic E-state index is -0.242. The predicted molar refractivity (Wildman–Crippen MR) is 109 cm³/mol. The zero-order valence-corrected chi connectivity index (χ0v) is 16.8. The summed E-state index contributed by atoms with van der Waals surface area (Å²) in [6, 6.07) is 13.7. The fourth-order valence-electron chi connectivity index (χ4n) is 2.18. The average molecular weight is 432 g/mol. The van der Waals surface area contributed by atoms with E-state index in [2.05, 4.69) is 31.9 Å². The van der Waals surface area contributed by atoms with E-state index < -0.39 is 0 Å². The number of rotatable bonds is 7. The third-order valence-corrected chi connectivity index (χ3v) is 4.22. The normalized spacial score (nSPS) is 10.4. The van der Waals surface area contributed by atoms with Gasteiger partial charge in [-0.1, -0.05) is 35.8 Å². The van der Waals surface area contributed by atoms with Gasteiger partial charge in [0, 0.05) is 40.3 Å². The number of carbonyl (C=O) groups excluding carboxylic acids is 3. The fourth-order valence-corrected chi connectivity index (χ4v) is 2.58. The van der Waals surface area contributed by atoms with Crippen molar-refractivity contribution in [1.29, 1.82) is 0 Å². The number of halogens is 1. The Morgan fingerprint density at radius 1 is 0.889 bits per heavy atom. The number of nitrogens with one attached hydrogen (secondary N) is 3. The molecule has 7 heteroatoms. The van der Waals surface area contributed by atoms with Gasteiger partial charge < -0.3 is 16.0 Å². The molecule has 2 rings (SSSR count). The summed E-state index contributed by atoms with van der Waals surface area (Å²) < 4.78 is 0.830. The summed E-state index contributed by atoms with van der Waals surface area (Å²) in [6.07, 6.45) is 0. The van der Waals surface area contributed by atoms with Gasteiger partial charge in [-0.15, -0.1) is 0 Å². The molecule has 0 radical (unpaired) electrons. The van der Waals surface area contributed by atoms with E-state index in [1.165, 1.54) is 0 Å². The molecule has 2 aromatic rings. The molecule has 0 aromatic heterocycles. The van der Waals surface area contributed by atoms with Crippen molar-refractivity contribution in [3.8, 4) is 0 Å². The van der Waals surface area contributed by atoms with Crippen molar-refractivity contribution in [1.82, 2.24) is 10.6 Å². The molecule has 6 nitrogen and oxygen atoms in total. The Hall–Kier alpha value is -2.67. The van der Waals surface area contributed by atoms with Gasteiger partial charge in [0.2, 0.25) is 5.91 Å². The molecule has 3 N–H and O–H groups in total. The molecule has 0 heterocycles. The Kier molecular flexibility index (Phi) is 7.55. The molecule has 2 aromatic carbocycles. The maximum absolute atomic E-state index is 12.1. The highest BCUT2D eigenvalue weighted by atomic mass is 79.9. The van der Waals surface area contributed by atoms with E-state index in [1.54, 1.807) is 42.5 Å². The maximum Gasteiger partial charge on any atom is 0.251 e. The summed E-state index contributed by atoms with van der Waals surface area (Å²) in [4.78, 5) is 35.8. The smallest absolute Gasteiger partial charge is 0.251 e. The summed E-state index contributed by atoms with van der Waals surface area (Å²) in [5.74, 6) is -0.627. The minimum absolute atomic E-state index is 0.0756. The average Bonchev–Trinajstić information content (AvgIpc) is 2.65. The number of benzene rings is 2. The van der Waals surface area contributed by atoms with Gasteiger partial charge in [0.25, 0.3) is 11.8 Å². The Morgan fingerprint density at radius 3 is 2.04 bits per heavy atom. The fraction of sp³-hybridized carbons (Fsp3) is 0.250. The van der Waals surface area contributed by atoms with Crippen molar-refractivity contribution in [2.24, 2.45) is 5.92 Å². The lowest BCUT2D eigenvalue weighted by Gasteiger charge is -2.09. The van der Waals surface area contributed by atoms with Crippen LogP contribution in [0.5, 0.6) is 0 Å². The zero-order valence-electron chi connectivity index (χ0n) is 15.2. The van der Waals surface area contributed by atoms with E-state index in [4.69, 9.17) is 0 Å². The van der Waals surface area contributed by atoms with Crippen LogP contribution in [0.25, 0.3) is 0 Å². The van der Waals surface area contributed by atoms with Gasteiger partial charge >= 0.3 is 0 Å². The van der Waals surface area contributed by atoms with Crippen LogP contribution < -0.4 is 16.0 Å². The van der Waals surface area contributed by atoms with Crippen LogP contribution in [0.2, 0.25) is 0 Å². The van der Waals surface area contributed by atoms with Gasteiger partial charge in [-0.25, -0.2) is 0 Å². The topological polar surface area (TPSA) is 87.3 Å².